The lowest BCUT2D eigenvalue weighted by molar-refractivity contribution is 0.0698. The molecule has 4 aromatic rings. The molecule has 0 bridgehead atoms. The quantitative estimate of drug-likeness (QED) is 0.484. The third-order valence-electron chi connectivity index (χ3n) is 4.82. The van der Waals surface area contributed by atoms with E-state index in [0.29, 0.717) is 16.8 Å². The Kier molecular flexibility index (Phi) is 5.32. The number of benzene rings is 2. The smallest absolute Gasteiger partial charge is 0.337 e. The standard InChI is InChI=1S/C24H18FN3O3/c1-15-4-6-19(21(25)10-15)16-5-7-20(24(30)31)22(12-16)27-23(29)17-11-18(14-26-13-17)28-8-2-3-9-28/h2-14H,1H3,(H,27,29)(H,30,31). The molecule has 154 valence electrons. The van der Waals surface area contributed by atoms with Gasteiger partial charge >= 0.3 is 5.97 Å². The number of carbonyl (C=O) groups is 2. The first-order chi connectivity index (χ1) is 14.9. The predicted octanol–water partition coefficient (Wildman–Crippen LogP) is 4.94. The molecule has 0 atom stereocenters. The molecule has 6 nitrogen and oxygen atoms in total. The number of nitrogens with one attached hydrogen (secondary N) is 1. The molecule has 0 unspecified atom stereocenters. The van der Waals surface area contributed by atoms with E-state index >= 15 is 0 Å². The van der Waals surface area contributed by atoms with E-state index in [2.05, 4.69) is 10.3 Å². The van der Waals surface area contributed by atoms with E-state index in [9.17, 15) is 19.1 Å². The molecule has 0 aliphatic rings. The molecule has 2 aromatic carbocycles. The molecule has 31 heavy (non-hydrogen) atoms. The number of aromatic carboxylic acids is 1. The largest absolute Gasteiger partial charge is 0.478 e. The zero-order valence-corrected chi connectivity index (χ0v) is 16.5. The summed E-state index contributed by atoms with van der Waals surface area (Å²) in [4.78, 5) is 28.6. The molecule has 2 aromatic heterocycles. The summed E-state index contributed by atoms with van der Waals surface area (Å²) in [6.45, 7) is 1.78. The SMILES string of the molecule is Cc1ccc(-c2ccc(C(=O)O)c(NC(=O)c3cncc(-n4cccc4)c3)c2)c(F)c1. The van der Waals surface area contributed by atoms with Gasteiger partial charge in [-0.3, -0.25) is 9.78 Å². The molecule has 2 heterocycles. The minimum absolute atomic E-state index is 0.0707. The average Bonchev–Trinajstić information content (AvgIpc) is 3.28. The molecule has 0 radical (unpaired) electrons. The second kappa shape index (κ2) is 8.23. The van der Waals surface area contributed by atoms with E-state index in [1.165, 1.54) is 30.5 Å². The highest BCUT2D eigenvalue weighted by molar-refractivity contribution is 6.08. The van der Waals surface area contributed by atoms with Crippen molar-refractivity contribution >= 4 is 17.6 Å². The number of carboxylic acid groups (broad SMARTS) is 1. The summed E-state index contributed by atoms with van der Waals surface area (Å²) in [7, 11) is 0. The van der Waals surface area contributed by atoms with E-state index < -0.39 is 17.7 Å². The van der Waals surface area contributed by atoms with Crippen LogP contribution in [0.25, 0.3) is 16.8 Å². The van der Waals surface area contributed by atoms with Crippen LogP contribution in [0.2, 0.25) is 0 Å². The lowest BCUT2D eigenvalue weighted by Gasteiger charge is -2.12. The third kappa shape index (κ3) is 4.20. The number of rotatable bonds is 5. The van der Waals surface area contributed by atoms with E-state index in [4.69, 9.17) is 0 Å². The Morgan fingerprint density at radius 2 is 1.81 bits per heavy atom. The first kappa shape index (κ1) is 20.0. The molecule has 4 rings (SSSR count). The second-order valence-electron chi connectivity index (χ2n) is 7.03. The van der Waals surface area contributed by atoms with E-state index in [1.807, 2.05) is 24.5 Å². The zero-order chi connectivity index (χ0) is 22.0. The number of anilines is 1. The number of amides is 1. The molecule has 1 amide bonds. The number of carboxylic acids is 1. The van der Waals surface area contributed by atoms with Gasteiger partial charge in [0.2, 0.25) is 0 Å². The Balaban J connectivity index is 1.69. The number of aryl methyl sites for hydroxylation is 1. The van der Waals surface area contributed by atoms with Crippen molar-refractivity contribution < 1.29 is 19.1 Å². The van der Waals surface area contributed by atoms with Crippen LogP contribution >= 0.6 is 0 Å². The third-order valence-corrected chi connectivity index (χ3v) is 4.82. The van der Waals surface area contributed by atoms with E-state index in [0.717, 1.165) is 5.56 Å². The summed E-state index contributed by atoms with van der Waals surface area (Å²) in [5.74, 6) is -2.15. The van der Waals surface area contributed by atoms with Crippen molar-refractivity contribution in [3.63, 3.8) is 0 Å². The van der Waals surface area contributed by atoms with Crippen LogP contribution in [0.1, 0.15) is 26.3 Å². The molecule has 2 N–H and O–H groups in total. The van der Waals surface area contributed by atoms with Gasteiger partial charge in [-0.1, -0.05) is 18.2 Å². The van der Waals surface area contributed by atoms with E-state index in [-0.39, 0.29) is 16.8 Å². The fraction of sp³-hybridized carbons (Fsp3) is 0.0417. The van der Waals surface area contributed by atoms with Gasteiger partial charge in [-0.05, 0) is 54.4 Å². The fourth-order valence-corrected chi connectivity index (χ4v) is 3.25. The monoisotopic (exact) mass is 415 g/mol. The van der Waals surface area contributed by atoms with Gasteiger partial charge in [0.05, 0.1) is 28.7 Å². The minimum Gasteiger partial charge on any atom is -0.478 e. The summed E-state index contributed by atoms with van der Waals surface area (Å²) in [6, 6.07) is 14.4. The molecule has 7 heteroatoms. The molecule has 0 fully saturated rings. The molecular weight excluding hydrogens is 397 g/mol. The van der Waals surface area contributed by atoms with Crippen molar-refractivity contribution in [2.75, 3.05) is 5.32 Å². The maximum Gasteiger partial charge on any atom is 0.337 e. The van der Waals surface area contributed by atoms with Crippen LogP contribution in [0.4, 0.5) is 10.1 Å². The van der Waals surface area contributed by atoms with Crippen LogP contribution in [-0.2, 0) is 0 Å². The lowest BCUT2D eigenvalue weighted by atomic mass is 10.0. The van der Waals surface area contributed by atoms with Crippen LogP contribution in [0.5, 0.6) is 0 Å². The number of hydrogen-bond acceptors (Lipinski definition) is 3. The van der Waals surface area contributed by atoms with Gasteiger partial charge in [-0.25, -0.2) is 9.18 Å². The number of carbonyl (C=O) groups excluding carboxylic acids is 1. The number of nitrogens with zero attached hydrogens (tertiary/aromatic N) is 2. The number of aromatic nitrogens is 2. The van der Waals surface area contributed by atoms with Crippen molar-refractivity contribution in [3.8, 4) is 16.8 Å². The Morgan fingerprint density at radius 1 is 1.03 bits per heavy atom. The highest BCUT2D eigenvalue weighted by Gasteiger charge is 2.17. The van der Waals surface area contributed by atoms with Crippen molar-refractivity contribution in [3.05, 3.63) is 102 Å². The molecule has 0 aliphatic heterocycles. The van der Waals surface area contributed by atoms with Gasteiger partial charge in [-0.2, -0.15) is 0 Å². The van der Waals surface area contributed by atoms with Gasteiger partial charge in [0.15, 0.2) is 0 Å². The maximum absolute atomic E-state index is 14.4. The number of hydrogen-bond donors (Lipinski definition) is 2. The second-order valence-corrected chi connectivity index (χ2v) is 7.03. The summed E-state index contributed by atoms with van der Waals surface area (Å²) in [5, 5.41) is 12.2. The Labute approximate surface area is 177 Å². The summed E-state index contributed by atoms with van der Waals surface area (Å²) in [6.07, 6.45) is 6.65. The van der Waals surface area contributed by atoms with Crippen LogP contribution in [0, 0.1) is 12.7 Å². The Morgan fingerprint density at radius 3 is 2.52 bits per heavy atom. The van der Waals surface area contributed by atoms with Crippen LogP contribution in [0.15, 0.2) is 79.4 Å². The zero-order valence-electron chi connectivity index (χ0n) is 16.5. The maximum atomic E-state index is 14.4. The fourth-order valence-electron chi connectivity index (χ4n) is 3.25. The van der Waals surface area contributed by atoms with Gasteiger partial charge in [0, 0.05) is 24.2 Å². The topological polar surface area (TPSA) is 84.2 Å². The lowest BCUT2D eigenvalue weighted by Crippen LogP contribution is -2.15. The normalized spacial score (nSPS) is 10.6. The number of halogens is 1. The van der Waals surface area contributed by atoms with Crippen molar-refractivity contribution in [2.24, 2.45) is 0 Å². The number of pyridine rings is 1. The summed E-state index contributed by atoms with van der Waals surface area (Å²) >= 11 is 0. The van der Waals surface area contributed by atoms with Crippen LogP contribution in [0.3, 0.4) is 0 Å². The molecule has 0 spiro atoms. The Hall–Kier alpha value is -4.26. The van der Waals surface area contributed by atoms with Crippen molar-refractivity contribution in [1.29, 1.82) is 0 Å². The Bertz CT molecular complexity index is 1280. The highest BCUT2D eigenvalue weighted by Crippen LogP contribution is 2.29. The first-order valence-electron chi connectivity index (χ1n) is 9.46. The first-order valence-corrected chi connectivity index (χ1v) is 9.46. The molecule has 0 saturated heterocycles. The van der Waals surface area contributed by atoms with Crippen molar-refractivity contribution in [1.82, 2.24) is 9.55 Å². The average molecular weight is 415 g/mol. The van der Waals surface area contributed by atoms with Gasteiger partial charge in [0.25, 0.3) is 5.91 Å². The van der Waals surface area contributed by atoms with Crippen LogP contribution in [-0.4, -0.2) is 26.5 Å². The molecular formula is C24H18FN3O3. The van der Waals surface area contributed by atoms with Crippen LogP contribution < -0.4 is 5.32 Å². The van der Waals surface area contributed by atoms with Gasteiger partial charge in [0.1, 0.15) is 5.82 Å². The minimum atomic E-state index is -1.20. The summed E-state index contributed by atoms with van der Waals surface area (Å²) in [5.41, 5.74) is 2.46. The molecule has 0 saturated carbocycles. The van der Waals surface area contributed by atoms with E-state index in [1.54, 1.807) is 35.9 Å². The molecule has 0 aliphatic carbocycles. The van der Waals surface area contributed by atoms with Gasteiger partial charge < -0.3 is 15.0 Å². The predicted molar refractivity (Wildman–Crippen MR) is 115 cm³/mol. The summed E-state index contributed by atoms with van der Waals surface area (Å²) < 4.78 is 16.2. The highest BCUT2D eigenvalue weighted by atomic mass is 19.1. The van der Waals surface area contributed by atoms with Crippen molar-refractivity contribution in [2.45, 2.75) is 6.92 Å². The van der Waals surface area contributed by atoms with Gasteiger partial charge in [-0.15, -0.1) is 0 Å².